The average molecular weight is 455 g/mol. The van der Waals surface area contributed by atoms with Crippen molar-refractivity contribution in [3.63, 3.8) is 0 Å². The van der Waals surface area contributed by atoms with Gasteiger partial charge in [0.25, 0.3) is 11.1 Å². The molecule has 2 aromatic rings. The van der Waals surface area contributed by atoms with Crippen molar-refractivity contribution in [1.29, 1.82) is 0 Å². The molecule has 116 valence electrons. The predicted molar refractivity (Wildman–Crippen MR) is 98.4 cm³/mol. The lowest BCUT2D eigenvalue weighted by Gasteiger charge is -2.11. The van der Waals surface area contributed by atoms with Crippen molar-refractivity contribution < 1.29 is 14.7 Å². The number of para-hydroxylation sites is 1. The number of thioether (sulfide) groups is 1. The lowest BCUT2D eigenvalue weighted by molar-refractivity contribution is -0.113. The largest absolute Gasteiger partial charge is 0.506 e. The first-order chi connectivity index (χ1) is 11.0. The van der Waals surface area contributed by atoms with E-state index in [-0.39, 0.29) is 16.9 Å². The van der Waals surface area contributed by atoms with Crippen LogP contribution in [0, 0.1) is 0 Å². The predicted octanol–water partition coefficient (Wildman–Crippen LogP) is 5.16. The van der Waals surface area contributed by atoms with Crippen LogP contribution < -0.4 is 4.90 Å². The van der Waals surface area contributed by atoms with Crippen molar-refractivity contribution in [3.05, 3.63) is 61.9 Å². The fourth-order valence-corrected chi connectivity index (χ4v) is 4.15. The Kier molecular flexibility index (Phi) is 4.61. The maximum Gasteiger partial charge on any atom is 0.298 e. The van der Waals surface area contributed by atoms with Crippen LogP contribution >= 0.6 is 43.6 Å². The summed E-state index contributed by atoms with van der Waals surface area (Å²) in [5.41, 5.74) is 1.24. The molecule has 1 aliphatic heterocycles. The second-order valence-corrected chi connectivity index (χ2v) is 7.39. The van der Waals surface area contributed by atoms with E-state index >= 15 is 0 Å². The van der Waals surface area contributed by atoms with Crippen LogP contribution in [0.4, 0.5) is 10.5 Å². The standard InChI is InChI=1S/C16H9Br2NO3S/c17-11-6-9(7-12(18)14(11)20)8-13-15(21)19(16(22)23-13)10-4-2-1-3-5-10/h1-8,20H/b13-8+. The number of halogens is 2. The van der Waals surface area contributed by atoms with E-state index in [1.165, 1.54) is 0 Å². The number of hydrogen-bond acceptors (Lipinski definition) is 4. The van der Waals surface area contributed by atoms with Gasteiger partial charge in [0.2, 0.25) is 0 Å². The average Bonchev–Trinajstić information content (AvgIpc) is 2.80. The van der Waals surface area contributed by atoms with Gasteiger partial charge < -0.3 is 5.11 Å². The van der Waals surface area contributed by atoms with Gasteiger partial charge in [0.1, 0.15) is 5.75 Å². The van der Waals surface area contributed by atoms with Gasteiger partial charge in [-0.1, -0.05) is 18.2 Å². The van der Waals surface area contributed by atoms with Gasteiger partial charge in [0.05, 0.1) is 19.5 Å². The Morgan fingerprint density at radius 2 is 1.65 bits per heavy atom. The molecule has 7 heteroatoms. The summed E-state index contributed by atoms with van der Waals surface area (Å²) in [5.74, 6) is -0.272. The summed E-state index contributed by atoms with van der Waals surface area (Å²) in [4.78, 5) is 26.1. The summed E-state index contributed by atoms with van der Waals surface area (Å²) in [6.07, 6.45) is 1.63. The molecule has 0 bridgehead atoms. The molecule has 0 unspecified atom stereocenters. The normalized spacial score (nSPS) is 16.4. The second kappa shape index (κ2) is 6.51. The number of nitrogens with zero attached hydrogens (tertiary/aromatic N) is 1. The highest BCUT2D eigenvalue weighted by molar-refractivity contribution is 9.11. The number of rotatable bonds is 2. The first-order valence-electron chi connectivity index (χ1n) is 6.48. The quantitative estimate of drug-likeness (QED) is 0.637. The number of phenolic OH excluding ortho intramolecular Hbond substituents is 1. The van der Waals surface area contributed by atoms with Crippen LogP contribution in [0.1, 0.15) is 5.56 Å². The van der Waals surface area contributed by atoms with Crippen LogP contribution in [-0.2, 0) is 4.79 Å². The summed E-state index contributed by atoms with van der Waals surface area (Å²) < 4.78 is 1.00. The van der Waals surface area contributed by atoms with Crippen molar-refractivity contribution >= 4 is 66.5 Å². The van der Waals surface area contributed by atoms with Gasteiger partial charge in [-0.25, -0.2) is 4.90 Å². The second-order valence-electron chi connectivity index (χ2n) is 4.69. The summed E-state index contributed by atoms with van der Waals surface area (Å²) in [7, 11) is 0. The van der Waals surface area contributed by atoms with E-state index in [0.717, 1.165) is 16.7 Å². The zero-order valence-corrected chi connectivity index (χ0v) is 15.5. The zero-order valence-electron chi connectivity index (χ0n) is 11.5. The van der Waals surface area contributed by atoms with E-state index in [2.05, 4.69) is 31.9 Å². The maximum absolute atomic E-state index is 12.5. The number of imide groups is 1. The van der Waals surface area contributed by atoms with E-state index in [1.807, 2.05) is 6.07 Å². The summed E-state index contributed by atoms with van der Waals surface area (Å²) in [5, 5.41) is 9.40. The third-order valence-corrected chi connectivity index (χ3v) is 5.22. The van der Waals surface area contributed by atoms with Gasteiger partial charge in [0.15, 0.2) is 0 Å². The number of aromatic hydroxyl groups is 1. The lowest BCUT2D eigenvalue weighted by Crippen LogP contribution is -2.27. The van der Waals surface area contributed by atoms with Crippen LogP contribution in [-0.4, -0.2) is 16.3 Å². The van der Waals surface area contributed by atoms with Crippen molar-refractivity contribution in [1.82, 2.24) is 0 Å². The van der Waals surface area contributed by atoms with Gasteiger partial charge in [0, 0.05) is 0 Å². The Morgan fingerprint density at radius 1 is 1.04 bits per heavy atom. The smallest absolute Gasteiger partial charge is 0.298 e. The third kappa shape index (κ3) is 3.22. The minimum absolute atomic E-state index is 0.0829. The van der Waals surface area contributed by atoms with E-state index in [4.69, 9.17) is 0 Å². The molecule has 2 amide bonds. The molecule has 23 heavy (non-hydrogen) atoms. The van der Waals surface area contributed by atoms with Crippen molar-refractivity contribution in [3.8, 4) is 5.75 Å². The summed E-state index contributed by atoms with van der Waals surface area (Å²) in [6, 6.07) is 12.2. The third-order valence-electron chi connectivity index (χ3n) is 3.15. The van der Waals surface area contributed by atoms with Gasteiger partial charge in [-0.05, 0) is 79.5 Å². The number of phenols is 1. The van der Waals surface area contributed by atoms with E-state index in [0.29, 0.717) is 25.1 Å². The molecule has 1 aliphatic rings. The zero-order chi connectivity index (χ0) is 16.6. The molecule has 0 radical (unpaired) electrons. The van der Waals surface area contributed by atoms with Crippen LogP contribution in [0.3, 0.4) is 0 Å². The van der Waals surface area contributed by atoms with Gasteiger partial charge in [-0.15, -0.1) is 0 Å². The van der Waals surface area contributed by atoms with E-state index < -0.39 is 0 Å². The molecule has 0 spiro atoms. The molecule has 1 N–H and O–H groups in total. The first kappa shape index (κ1) is 16.3. The molecule has 4 nitrogen and oxygen atoms in total. The fourth-order valence-electron chi connectivity index (χ4n) is 2.09. The SMILES string of the molecule is O=C1S/C(=C/c2cc(Br)c(O)c(Br)c2)C(=O)N1c1ccccc1. The van der Waals surface area contributed by atoms with Crippen LogP contribution in [0.25, 0.3) is 6.08 Å². The lowest BCUT2D eigenvalue weighted by atomic mass is 10.2. The molecule has 1 heterocycles. The minimum Gasteiger partial charge on any atom is -0.506 e. The molecule has 0 aliphatic carbocycles. The molecule has 2 aromatic carbocycles. The highest BCUT2D eigenvalue weighted by Crippen LogP contribution is 2.38. The minimum atomic E-state index is -0.355. The first-order valence-corrected chi connectivity index (χ1v) is 8.88. The van der Waals surface area contributed by atoms with Gasteiger partial charge in [-0.2, -0.15) is 0 Å². The van der Waals surface area contributed by atoms with Crippen molar-refractivity contribution in [2.75, 3.05) is 4.90 Å². The summed E-state index contributed by atoms with van der Waals surface area (Å²) >= 11 is 7.38. The number of anilines is 1. The molecule has 0 saturated carbocycles. The molecule has 1 fully saturated rings. The Labute approximate surface area is 153 Å². The monoisotopic (exact) mass is 453 g/mol. The van der Waals surface area contributed by atoms with Gasteiger partial charge >= 0.3 is 0 Å². The number of carbonyl (C=O) groups is 2. The molecule has 1 saturated heterocycles. The topological polar surface area (TPSA) is 57.6 Å². The Balaban J connectivity index is 1.96. The van der Waals surface area contributed by atoms with Crippen LogP contribution in [0.15, 0.2) is 56.3 Å². The Bertz CT molecular complexity index is 813. The molecule has 3 rings (SSSR count). The Hall–Kier alpha value is -1.57. The summed E-state index contributed by atoms with van der Waals surface area (Å²) in [6.45, 7) is 0. The van der Waals surface area contributed by atoms with Crippen LogP contribution in [0.5, 0.6) is 5.75 Å². The van der Waals surface area contributed by atoms with Crippen molar-refractivity contribution in [2.45, 2.75) is 0 Å². The van der Waals surface area contributed by atoms with Crippen LogP contribution in [0.2, 0.25) is 0 Å². The maximum atomic E-state index is 12.5. The number of amides is 2. The number of benzene rings is 2. The van der Waals surface area contributed by atoms with Crippen molar-refractivity contribution in [2.24, 2.45) is 0 Å². The highest BCUT2D eigenvalue weighted by Gasteiger charge is 2.36. The van der Waals surface area contributed by atoms with E-state index in [1.54, 1.807) is 42.5 Å². The highest BCUT2D eigenvalue weighted by atomic mass is 79.9. The number of hydrogen-bond donors (Lipinski definition) is 1. The molecular weight excluding hydrogens is 446 g/mol. The van der Waals surface area contributed by atoms with E-state index in [9.17, 15) is 14.7 Å². The molecule has 0 atom stereocenters. The molecule has 0 aromatic heterocycles. The fraction of sp³-hybridized carbons (Fsp3) is 0. The Morgan fingerprint density at radius 3 is 2.26 bits per heavy atom. The number of carbonyl (C=O) groups excluding carboxylic acids is 2. The molecular formula is C16H9Br2NO3S. The van der Waals surface area contributed by atoms with Gasteiger partial charge in [-0.3, -0.25) is 9.59 Å².